The van der Waals surface area contributed by atoms with Crippen molar-refractivity contribution in [3.05, 3.63) is 29.1 Å². The first-order chi connectivity index (χ1) is 9.43. The van der Waals surface area contributed by atoms with Crippen molar-refractivity contribution in [1.82, 2.24) is 5.32 Å². The van der Waals surface area contributed by atoms with Gasteiger partial charge in [-0.2, -0.15) is 8.78 Å². The Morgan fingerprint density at radius 3 is 1.95 bits per heavy atom. The summed E-state index contributed by atoms with van der Waals surface area (Å²) in [5.74, 6) is -11.8. The van der Waals surface area contributed by atoms with E-state index in [1.54, 1.807) is 0 Å². The fraction of sp³-hybridized carbons (Fsp3) is 0.500. The standard InChI is InChI=1S/C12H14F5NO2/c1-2-3-18-6(4-19)5-20-12-10(16)8(14)7(13)9(15)11(12)17/h6,18-19H,2-5H2,1H3. The van der Waals surface area contributed by atoms with Crippen molar-refractivity contribution in [2.24, 2.45) is 0 Å². The first kappa shape index (κ1) is 16.6. The number of nitrogens with one attached hydrogen (secondary N) is 1. The summed E-state index contributed by atoms with van der Waals surface area (Å²) in [6.07, 6.45) is 0.735. The van der Waals surface area contributed by atoms with Gasteiger partial charge in [-0.25, -0.2) is 13.2 Å². The van der Waals surface area contributed by atoms with Crippen molar-refractivity contribution >= 4 is 0 Å². The van der Waals surface area contributed by atoms with Crippen molar-refractivity contribution < 1.29 is 31.8 Å². The van der Waals surface area contributed by atoms with Crippen LogP contribution >= 0.6 is 0 Å². The van der Waals surface area contributed by atoms with Crippen LogP contribution in [0.1, 0.15) is 13.3 Å². The molecule has 1 rings (SSSR count). The van der Waals surface area contributed by atoms with Crippen LogP contribution in [0.25, 0.3) is 0 Å². The maximum atomic E-state index is 13.3. The zero-order valence-electron chi connectivity index (χ0n) is 10.7. The molecule has 0 aliphatic carbocycles. The maximum absolute atomic E-state index is 13.3. The van der Waals surface area contributed by atoms with Crippen LogP contribution in [0.3, 0.4) is 0 Å². The number of halogens is 5. The van der Waals surface area contributed by atoms with E-state index in [-0.39, 0.29) is 0 Å². The number of ether oxygens (including phenoxy) is 1. The maximum Gasteiger partial charge on any atom is 0.206 e. The van der Waals surface area contributed by atoms with E-state index in [0.717, 1.165) is 6.42 Å². The van der Waals surface area contributed by atoms with E-state index in [1.807, 2.05) is 6.92 Å². The van der Waals surface area contributed by atoms with Gasteiger partial charge < -0.3 is 15.2 Å². The van der Waals surface area contributed by atoms with E-state index in [2.05, 4.69) is 10.1 Å². The summed E-state index contributed by atoms with van der Waals surface area (Å²) >= 11 is 0. The van der Waals surface area contributed by atoms with E-state index in [9.17, 15) is 22.0 Å². The molecule has 0 bridgehead atoms. The highest BCUT2D eigenvalue weighted by Gasteiger charge is 2.27. The Morgan fingerprint density at radius 2 is 1.50 bits per heavy atom. The number of hydrogen-bond acceptors (Lipinski definition) is 3. The van der Waals surface area contributed by atoms with Gasteiger partial charge in [-0.15, -0.1) is 0 Å². The molecule has 114 valence electrons. The fourth-order valence-corrected chi connectivity index (χ4v) is 1.42. The molecule has 0 fully saturated rings. The average Bonchev–Trinajstić information content (AvgIpc) is 2.46. The third-order valence-corrected chi connectivity index (χ3v) is 2.50. The van der Waals surface area contributed by atoms with Crippen LogP contribution in [0.4, 0.5) is 22.0 Å². The van der Waals surface area contributed by atoms with Gasteiger partial charge in [-0.3, -0.25) is 0 Å². The predicted molar refractivity (Wildman–Crippen MR) is 60.9 cm³/mol. The van der Waals surface area contributed by atoms with Gasteiger partial charge >= 0.3 is 0 Å². The van der Waals surface area contributed by atoms with Crippen LogP contribution in [0.15, 0.2) is 0 Å². The molecule has 0 heterocycles. The van der Waals surface area contributed by atoms with Gasteiger partial charge in [0.25, 0.3) is 0 Å². The first-order valence-electron chi connectivity index (χ1n) is 5.92. The van der Waals surface area contributed by atoms with Gasteiger partial charge in [-0.05, 0) is 13.0 Å². The molecule has 0 saturated carbocycles. The van der Waals surface area contributed by atoms with Gasteiger partial charge in [0.15, 0.2) is 5.75 Å². The molecule has 0 aliphatic rings. The third kappa shape index (κ3) is 3.57. The summed E-state index contributed by atoms with van der Waals surface area (Å²) in [5, 5.41) is 11.8. The predicted octanol–water partition coefficient (Wildman–Crippen LogP) is 2.12. The van der Waals surface area contributed by atoms with Crippen LogP contribution in [0.2, 0.25) is 0 Å². The SMILES string of the molecule is CCCNC(CO)COc1c(F)c(F)c(F)c(F)c1F. The molecule has 1 atom stereocenters. The Morgan fingerprint density at radius 1 is 1.00 bits per heavy atom. The summed E-state index contributed by atoms with van der Waals surface area (Å²) in [5.41, 5.74) is 0. The van der Waals surface area contributed by atoms with Gasteiger partial charge in [0, 0.05) is 0 Å². The van der Waals surface area contributed by atoms with Gasteiger partial charge in [-0.1, -0.05) is 6.92 Å². The molecule has 1 aromatic rings. The summed E-state index contributed by atoms with van der Waals surface area (Å²) in [6.45, 7) is 1.52. The van der Waals surface area contributed by atoms with Crippen LogP contribution in [0, 0.1) is 29.1 Å². The Labute approximate surface area is 112 Å². The van der Waals surface area contributed by atoms with Gasteiger partial charge in [0.05, 0.1) is 12.6 Å². The summed E-state index contributed by atoms with van der Waals surface area (Å²) in [7, 11) is 0. The van der Waals surface area contributed by atoms with Crippen LogP contribution in [-0.4, -0.2) is 30.9 Å². The number of aliphatic hydroxyl groups excluding tert-OH is 1. The molecule has 1 aromatic carbocycles. The minimum Gasteiger partial charge on any atom is -0.486 e. The highest BCUT2D eigenvalue weighted by Crippen LogP contribution is 2.29. The molecular formula is C12H14F5NO2. The average molecular weight is 299 g/mol. The molecule has 0 spiro atoms. The van der Waals surface area contributed by atoms with E-state index >= 15 is 0 Å². The molecule has 2 N–H and O–H groups in total. The molecular weight excluding hydrogens is 285 g/mol. The molecule has 20 heavy (non-hydrogen) atoms. The molecule has 0 radical (unpaired) electrons. The highest BCUT2D eigenvalue weighted by molar-refractivity contribution is 5.29. The van der Waals surface area contributed by atoms with Crippen LogP contribution in [0.5, 0.6) is 5.75 Å². The number of hydrogen-bond donors (Lipinski definition) is 2. The zero-order chi connectivity index (χ0) is 15.3. The van der Waals surface area contributed by atoms with E-state index in [1.165, 1.54) is 0 Å². The van der Waals surface area contributed by atoms with E-state index < -0.39 is 54.1 Å². The second-order valence-corrected chi connectivity index (χ2v) is 4.04. The molecule has 1 unspecified atom stereocenters. The number of benzene rings is 1. The Hall–Kier alpha value is -1.41. The topological polar surface area (TPSA) is 41.5 Å². The summed E-state index contributed by atoms with van der Waals surface area (Å²) in [4.78, 5) is 0. The van der Waals surface area contributed by atoms with Gasteiger partial charge in [0.2, 0.25) is 29.1 Å². The monoisotopic (exact) mass is 299 g/mol. The highest BCUT2D eigenvalue weighted by atomic mass is 19.2. The van der Waals surface area contributed by atoms with Crippen LogP contribution in [-0.2, 0) is 0 Å². The lowest BCUT2D eigenvalue weighted by atomic mass is 10.2. The third-order valence-electron chi connectivity index (χ3n) is 2.50. The molecule has 8 heteroatoms. The number of aliphatic hydroxyl groups is 1. The Balaban J connectivity index is 2.87. The summed E-state index contributed by atoms with van der Waals surface area (Å²) < 4.78 is 69.8. The lowest BCUT2D eigenvalue weighted by Gasteiger charge is -2.17. The lowest BCUT2D eigenvalue weighted by Crippen LogP contribution is -2.38. The fourth-order valence-electron chi connectivity index (χ4n) is 1.42. The first-order valence-corrected chi connectivity index (χ1v) is 5.92. The van der Waals surface area contributed by atoms with Crippen molar-refractivity contribution in [1.29, 1.82) is 0 Å². The molecule has 0 aliphatic heterocycles. The van der Waals surface area contributed by atoms with E-state index in [4.69, 9.17) is 5.11 Å². The largest absolute Gasteiger partial charge is 0.486 e. The number of rotatable bonds is 7. The molecule has 0 saturated heterocycles. The summed E-state index contributed by atoms with van der Waals surface area (Å²) in [6, 6.07) is -0.676. The lowest BCUT2D eigenvalue weighted by molar-refractivity contribution is 0.172. The Bertz CT molecular complexity index is 441. The normalized spacial score (nSPS) is 12.6. The smallest absolute Gasteiger partial charge is 0.206 e. The van der Waals surface area contributed by atoms with Crippen molar-refractivity contribution in [2.75, 3.05) is 19.8 Å². The van der Waals surface area contributed by atoms with Crippen molar-refractivity contribution in [2.45, 2.75) is 19.4 Å². The van der Waals surface area contributed by atoms with Crippen molar-refractivity contribution in [3.63, 3.8) is 0 Å². The quantitative estimate of drug-likeness (QED) is 0.460. The zero-order valence-corrected chi connectivity index (χ0v) is 10.7. The molecule has 0 aromatic heterocycles. The second-order valence-electron chi connectivity index (χ2n) is 4.04. The minimum absolute atomic E-state index is 0.407. The second kappa shape index (κ2) is 7.39. The minimum atomic E-state index is -2.24. The van der Waals surface area contributed by atoms with Crippen LogP contribution < -0.4 is 10.1 Å². The van der Waals surface area contributed by atoms with E-state index in [0.29, 0.717) is 6.54 Å². The van der Waals surface area contributed by atoms with Gasteiger partial charge in [0.1, 0.15) is 6.61 Å². The van der Waals surface area contributed by atoms with Crippen molar-refractivity contribution in [3.8, 4) is 5.75 Å². The Kier molecular flexibility index (Phi) is 6.15. The molecule has 0 amide bonds. The molecule has 3 nitrogen and oxygen atoms in total.